The molecule has 8 heteroatoms. The number of benzene rings is 2. The number of rotatable bonds is 6. The number of carbonyl (C=O) groups excluding carboxylic acids is 1. The second kappa shape index (κ2) is 9.10. The Labute approximate surface area is 199 Å². The molecule has 0 unspecified atom stereocenters. The lowest BCUT2D eigenvalue weighted by atomic mass is 9.77. The van der Waals surface area contributed by atoms with Gasteiger partial charge in [0.15, 0.2) is 0 Å². The molecule has 5 rings (SSSR count). The lowest BCUT2D eigenvalue weighted by Crippen LogP contribution is -2.38. The third-order valence-electron chi connectivity index (χ3n) is 6.63. The molecule has 5 nitrogen and oxygen atoms in total. The second-order valence-corrected chi connectivity index (χ2v) is 9.62. The van der Waals surface area contributed by atoms with Crippen molar-refractivity contribution < 1.29 is 13.6 Å². The number of halogens is 2. The minimum absolute atomic E-state index is 0.124. The van der Waals surface area contributed by atoms with Crippen LogP contribution in [0.3, 0.4) is 0 Å². The lowest BCUT2D eigenvalue weighted by molar-refractivity contribution is 0.0900. The number of nitrogens with zero attached hydrogens (tertiary/aromatic N) is 2. The molecule has 1 N–H and O–H groups in total. The van der Waals surface area contributed by atoms with Gasteiger partial charge in [0.1, 0.15) is 16.6 Å². The van der Waals surface area contributed by atoms with Crippen molar-refractivity contribution in [3.05, 3.63) is 97.9 Å². The third kappa shape index (κ3) is 4.03. The van der Waals surface area contributed by atoms with Crippen molar-refractivity contribution in [1.29, 1.82) is 0 Å². The highest BCUT2D eigenvalue weighted by Gasteiger charge is 2.31. The summed E-state index contributed by atoms with van der Waals surface area (Å²) in [5.41, 5.74) is 0.870. The fourth-order valence-electron chi connectivity index (χ4n) is 4.67. The molecule has 1 amide bonds. The quantitative estimate of drug-likeness (QED) is 0.405. The van der Waals surface area contributed by atoms with Gasteiger partial charge >= 0.3 is 0 Å². The molecule has 0 radical (unpaired) electrons. The number of aromatic nitrogens is 2. The molecule has 2 heterocycles. The molecule has 2 aromatic carbocycles. The molecule has 4 aromatic rings. The van der Waals surface area contributed by atoms with Crippen LogP contribution in [0.15, 0.2) is 58.8 Å². The molecule has 0 aliphatic heterocycles. The first-order valence-electron chi connectivity index (χ1n) is 11.2. The van der Waals surface area contributed by atoms with Crippen LogP contribution in [0.4, 0.5) is 8.78 Å². The Kier molecular flexibility index (Phi) is 6.00. The topological polar surface area (TPSA) is 64.0 Å². The Bertz CT molecular complexity index is 1430. The summed E-state index contributed by atoms with van der Waals surface area (Å²) in [7, 11) is 0. The van der Waals surface area contributed by atoms with Crippen LogP contribution < -0.4 is 10.9 Å². The number of hydrogen-bond donors (Lipinski definition) is 1. The molecular formula is C26H23F2N3O2S. The monoisotopic (exact) mass is 479 g/mol. The zero-order chi connectivity index (χ0) is 23.8. The Morgan fingerprint density at radius 3 is 2.71 bits per heavy atom. The van der Waals surface area contributed by atoms with Gasteiger partial charge in [-0.05, 0) is 49.4 Å². The van der Waals surface area contributed by atoms with Gasteiger partial charge in [-0.1, -0.05) is 30.7 Å². The van der Waals surface area contributed by atoms with Gasteiger partial charge in [-0.25, -0.2) is 13.8 Å². The maximum Gasteiger partial charge on any atom is 0.262 e. The molecular weight excluding hydrogens is 456 g/mol. The number of nitrogens with one attached hydrogen (secondary N) is 1. The van der Waals surface area contributed by atoms with Gasteiger partial charge in [0.2, 0.25) is 0 Å². The van der Waals surface area contributed by atoms with E-state index in [2.05, 4.69) is 10.3 Å². The average molecular weight is 480 g/mol. The Balaban J connectivity index is 1.62. The Morgan fingerprint density at radius 1 is 1.24 bits per heavy atom. The lowest BCUT2D eigenvalue weighted by Gasteiger charge is -2.35. The van der Waals surface area contributed by atoms with E-state index in [-0.39, 0.29) is 40.7 Å². The molecule has 1 aliphatic rings. The third-order valence-corrected chi connectivity index (χ3v) is 7.39. The van der Waals surface area contributed by atoms with Crippen molar-refractivity contribution in [3.63, 3.8) is 0 Å². The number of thiazole rings is 1. The minimum Gasteiger partial charge on any atom is -0.345 e. The Hall–Kier alpha value is -3.39. The molecule has 1 fully saturated rings. The average Bonchev–Trinajstić information content (AvgIpc) is 3.28. The molecule has 0 bridgehead atoms. The molecule has 174 valence electrons. The van der Waals surface area contributed by atoms with Crippen LogP contribution in [0.25, 0.3) is 10.8 Å². The van der Waals surface area contributed by atoms with E-state index >= 15 is 0 Å². The highest BCUT2D eigenvalue weighted by Crippen LogP contribution is 2.38. The summed E-state index contributed by atoms with van der Waals surface area (Å²) in [4.78, 5) is 31.2. The maximum absolute atomic E-state index is 14.8. The van der Waals surface area contributed by atoms with Gasteiger partial charge < -0.3 is 9.88 Å². The molecule has 1 atom stereocenters. The summed E-state index contributed by atoms with van der Waals surface area (Å²) in [6, 6.07) is 10.2. The Morgan fingerprint density at radius 2 is 2.03 bits per heavy atom. The number of hydrogen-bond acceptors (Lipinski definition) is 4. The number of carbonyl (C=O) groups is 1. The maximum atomic E-state index is 14.8. The summed E-state index contributed by atoms with van der Waals surface area (Å²) in [6.45, 7) is 1.83. The molecule has 34 heavy (non-hydrogen) atoms. The van der Waals surface area contributed by atoms with Crippen molar-refractivity contribution in [2.75, 3.05) is 0 Å². The first kappa shape index (κ1) is 22.4. The summed E-state index contributed by atoms with van der Waals surface area (Å²) in [5.74, 6) is -1.26. The molecule has 1 saturated carbocycles. The minimum atomic E-state index is -0.676. The van der Waals surface area contributed by atoms with E-state index in [1.807, 2.05) is 0 Å². The molecule has 1 aliphatic carbocycles. The smallest absolute Gasteiger partial charge is 0.262 e. The zero-order valence-corrected chi connectivity index (χ0v) is 19.4. The fourth-order valence-corrected chi connectivity index (χ4v) is 5.27. The molecule has 2 aromatic heterocycles. The van der Waals surface area contributed by atoms with Crippen molar-refractivity contribution in [2.24, 2.45) is 5.92 Å². The van der Waals surface area contributed by atoms with Crippen LogP contribution in [0.1, 0.15) is 51.9 Å². The van der Waals surface area contributed by atoms with Gasteiger partial charge in [-0.3, -0.25) is 9.59 Å². The fraction of sp³-hybridized carbons (Fsp3) is 0.269. The van der Waals surface area contributed by atoms with Gasteiger partial charge in [0, 0.05) is 22.7 Å². The number of pyridine rings is 1. The van der Waals surface area contributed by atoms with Crippen LogP contribution >= 0.6 is 11.3 Å². The first-order chi connectivity index (χ1) is 16.4. The number of fused-ring (bicyclic) bond motifs is 1. The van der Waals surface area contributed by atoms with Crippen LogP contribution in [-0.2, 0) is 6.54 Å². The largest absolute Gasteiger partial charge is 0.345 e. The van der Waals surface area contributed by atoms with E-state index in [1.165, 1.54) is 40.2 Å². The van der Waals surface area contributed by atoms with Crippen molar-refractivity contribution in [3.8, 4) is 0 Å². The van der Waals surface area contributed by atoms with Crippen LogP contribution in [0.5, 0.6) is 0 Å². The van der Waals surface area contributed by atoms with Gasteiger partial charge in [-0.15, -0.1) is 11.3 Å². The predicted molar refractivity (Wildman–Crippen MR) is 128 cm³/mol. The van der Waals surface area contributed by atoms with E-state index in [0.717, 1.165) is 19.3 Å². The zero-order valence-electron chi connectivity index (χ0n) is 18.6. The van der Waals surface area contributed by atoms with Crippen LogP contribution in [0.2, 0.25) is 0 Å². The standard InChI is InChI=1S/C26H23F2N3O2S/c1-15-22(25(32)30-24(16-5-2-6-16)17-7-3-8-18(27)13-17)19-9-4-10-20(28)23(19)26(33)31(15)14-21-29-11-12-34-21/h3-4,7-13,16,24H,2,5-6,14H2,1H3,(H,30,32)/t24-/m0/s1. The predicted octanol–water partition coefficient (Wildman–Crippen LogP) is 5.36. The van der Waals surface area contributed by atoms with Crippen molar-refractivity contribution in [2.45, 2.75) is 38.8 Å². The summed E-state index contributed by atoms with van der Waals surface area (Å²) < 4.78 is 30.2. The van der Waals surface area contributed by atoms with E-state index in [9.17, 15) is 18.4 Å². The summed E-state index contributed by atoms with van der Waals surface area (Å²) in [5, 5.41) is 5.70. The van der Waals surface area contributed by atoms with Gasteiger partial charge in [-0.2, -0.15) is 0 Å². The van der Waals surface area contributed by atoms with Gasteiger partial charge in [0.25, 0.3) is 11.5 Å². The molecule has 0 spiro atoms. The van der Waals surface area contributed by atoms with E-state index < -0.39 is 17.3 Å². The van der Waals surface area contributed by atoms with E-state index in [4.69, 9.17) is 0 Å². The van der Waals surface area contributed by atoms with E-state index in [1.54, 1.807) is 36.7 Å². The van der Waals surface area contributed by atoms with Crippen molar-refractivity contribution in [1.82, 2.24) is 14.9 Å². The van der Waals surface area contributed by atoms with Crippen LogP contribution in [-0.4, -0.2) is 15.5 Å². The normalized spacial score (nSPS) is 14.7. The summed E-state index contributed by atoms with van der Waals surface area (Å²) >= 11 is 1.38. The van der Waals surface area contributed by atoms with Crippen molar-refractivity contribution >= 4 is 28.0 Å². The van der Waals surface area contributed by atoms with E-state index in [0.29, 0.717) is 16.3 Å². The van der Waals surface area contributed by atoms with Gasteiger partial charge in [0.05, 0.1) is 23.5 Å². The summed E-state index contributed by atoms with van der Waals surface area (Å²) in [6.07, 6.45) is 4.55. The SMILES string of the molecule is Cc1c(C(=O)N[C@H](c2cccc(F)c2)C2CCC2)c2cccc(F)c2c(=O)n1Cc1nccs1. The molecule has 0 saturated heterocycles. The number of amides is 1. The first-order valence-corrected chi connectivity index (χ1v) is 12.1. The highest BCUT2D eigenvalue weighted by atomic mass is 32.1. The highest BCUT2D eigenvalue weighted by molar-refractivity contribution is 7.09. The second-order valence-electron chi connectivity index (χ2n) is 8.64. The van der Waals surface area contributed by atoms with Crippen LogP contribution in [0, 0.1) is 24.5 Å².